The van der Waals surface area contributed by atoms with Gasteiger partial charge in [-0.15, -0.1) is 0 Å². The lowest BCUT2D eigenvalue weighted by molar-refractivity contribution is -0.140. The molecule has 0 aromatic carbocycles. The van der Waals surface area contributed by atoms with Gasteiger partial charge in [-0.1, -0.05) is 19.8 Å². The van der Waals surface area contributed by atoms with Gasteiger partial charge in [-0.05, 0) is 18.8 Å². The van der Waals surface area contributed by atoms with Crippen molar-refractivity contribution in [2.75, 3.05) is 20.3 Å². The molecule has 1 saturated carbocycles. The minimum absolute atomic E-state index is 0.143. The molecule has 0 unspecified atom stereocenters. The van der Waals surface area contributed by atoms with Gasteiger partial charge in [0.05, 0.1) is 6.61 Å². The van der Waals surface area contributed by atoms with Gasteiger partial charge in [0.25, 0.3) is 0 Å². The van der Waals surface area contributed by atoms with Gasteiger partial charge < -0.3 is 15.4 Å². The van der Waals surface area contributed by atoms with Crippen molar-refractivity contribution in [3.8, 4) is 0 Å². The molecule has 2 amide bonds. The van der Waals surface area contributed by atoms with E-state index in [0.717, 1.165) is 19.3 Å². The van der Waals surface area contributed by atoms with Gasteiger partial charge in [-0.25, -0.2) is 0 Å². The Bertz CT molecular complexity index is 268. The average Bonchev–Trinajstić information content (AvgIpc) is 2.32. The maximum absolute atomic E-state index is 11.6. The highest BCUT2D eigenvalue weighted by Crippen LogP contribution is 2.23. The van der Waals surface area contributed by atoms with Crippen LogP contribution in [-0.4, -0.2) is 38.1 Å². The van der Waals surface area contributed by atoms with Gasteiger partial charge in [-0.3, -0.25) is 9.59 Å². The Labute approximate surface area is 102 Å². The molecule has 0 aromatic heterocycles. The van der Waals surface area contributed by atoms with Gasteiger partial charge in [0.2, 0.25) is 0 Å². The van der Waals surface area contributed by atoms with Crippen LogP contribution in [0.4, 0.5) is 0 Å². The molecule has 2 atom stereocenters. The number of ether oxygens (including phenoxy) is 1. The minimum atomic E-state index is -0.570. The predicted octanol–water partition coefficient (Wildman–Crippen LogP) is 0.444. The summed E-state index contributed by atoms with van der Waals surface area (Å²) in [5.74, 6) is -0.640. The Morgan fingerprint density at radius 3 is 2.59 bits per heavy atom. The molecule has 0 heterocycles. The highest BCUT2D eigenvalue weighted by atomic mass is 16.5. The van der Waals surface area contributed by atoms with Gasteiger partial charge >= 0.3 is 11.8 Å². The van der Waals surface area contributed by atoms with Crippen molar-refractivity contribution in [2.24, 2.45) is 5.92 Å². The largest absolute Gasteiger partial charge is 0.383 e. The van der Waals surface area contributed by atoms with Crippen LogP contribution in [0.2, 0.25) is 0 Å². The van der Waals surface area contributed by atoms with Crippen molar-refractivity contribution in [3.63, 3.8) is 0 Å². The number of hydrogen-bond donors (Lipinski definition) is 2. The number of nitrogens with one attached hydrogen (secondary N) is 2. The third-order valence-electron chi connectivity index (χ3n) is 3.23. The molecule has 1 rings (SSSR count). The summed E-state index contributed by atoms with van der Waals surface area (Å²) in [5.41, 5.74) is 0. The van der Waals surface area contributed by atoms with E-state index >= 15 is 0 Å². The summed E-state index contributed by atoms with van der Waals surface area (Å²) < 4.78 is 4.79. The lowest BCUT2D eigenvalue weighted by atomic mass is 9.86. The van der Waals surface area contributed by atoms with Gasteiger partial charge in [0.15, 0.2) is 0 Å². The first-order valence-electron chi connectivity index (χ1n) is 6.22. The fraction of sp³-hybridized carbons (Fsp3) is 0.833. The molecular formula is C12H22N2O3. The number of hydrogen-bond acceptors (Lipinski definition) is 3. The molecule has 5 nitrogen and oxygen atoms in total. The van der Waals surface area contributed by atoms with Crippen LogP contribution in [0.3, 0.4) is 0 Å². The normalized spacial score (nSPS) is 24.1. The molecule has 0 bridgehead atoms. The summed E-state index contributed by atoms with van der Waals surface area (Å²) in [6.07, 6.45) is 4.43. The summed E-state index contributed by atoms with van der Waals surface area (Å²) in [5, 5.41) is 5.32. The molecule has 0 aromatic rings. The van der Waals surface area contributed by atoms with Crippen molar-refractivity contribution in [1.82, 2.24) is 10.6 Å². The van der Waals surface area contributed by atoms with E-state index in [0.29, 0.717) is 19.1 Å². The van der Waals surface area contributed by atoms with Crippen LogP contribution in [0.25, 0.3) is 0 Å². The number of carbonyl (C=O) groups excluding carboxylic acids is 2. The number of carbonyl (C=O) groups is 2. The van der Waals surface area contributed by atoms with Gasteiger partial charge in [-0.2, -0.15) is 0 Å². The molecule has 0 aliphatic heterocycles. The number of methoxy groups -OCH3 is 1. The highest BCUT2D eigenvalue weighted by Gasteiger charge is 2.25. The summed E-state index contributed by atoms with van der Waals surface area (Å²) in [7, 11) is 1.55. The van der Waals surface area contributed by atoms with E-state index < -0.39 is 11.8 Å². The van der Waals surface area contributed by atoms with Crippen LogP contribution in [0.5, 0.6) is 0 Å². The summed E-state index contributed by atoms with van der Waals surface area (Å²) in [4.78, 5) is 23.0. The van der Waals surface area contributed by atoms with Crippen LogP contribution in [0.1, 0.15) is 32.6 Å². The molecule has 0 spiro atoms. The summed E-state index contributed by atoms with van der Waals surface area (Å²) in [6, 6.07) is 0.143. The van der Waals surface area contributed by atoms with Crippen LogP contribution >= 0.6 is 0 Å². The van der Waals surface area contributed by atoms with Crippen molar-refractivity contribution in [2.45, 2.75) is 38.6 Å². The smallest absolute Gasteiger partial charge is 0.309 e. The second kappa shape index (κ2) is 7.27. The number of rotatable bonds is 4. The molecular weight excluding hydrogens is 220 g/mol. The van der Waals surface area contributed by atoms with E-state index in [1.54, 1.807) is 7.11 Å². The van der Waals surface area contributed by atoms with E-state index in [1.807, 2.05) is 0 Å². The Kier molecular flexibility index (Phi) is 5.97. The topological polar surface area (TPSA) is 67.4 Å². The van der Waals surface area contributed by atoms with Gasteiger partial charge in [0, 0.05) is 19.7 Å². The fourth-order valence-electron chi connectivity index (χ4n) is 2.11. The molecule has 1 aliphatic carbocycles. The fourth-order valence-corrected chi connectivity index (χ4v) is 2.11. The van der Waals surface area contributed by atoms with E-state index in [4.69, 9.17) is 4.74 Å². The maximum Gasteiger partial charge on any atom is 0.309 e. The van der Waals surface area contributed by atoms with Crippen LogP contribution in [0, 0.1) is 5.92 Å². The highest BCUT2D eigenvalue weighted by molar-refractivity contribution is 6.35. The molecule has 0 radical (unpaired) electrons. The lowest BCUT2D eigenvalue weighted by Crippen LogP contribution is -2.48. The SMILES string of the molecule is COCCNC(=O)C(=O)N[C@H]1CCCC[C@H]1C. The van der Waals surface area contributed by atoms with Crippen molar-refractivity contribution in [3.05, 3.63) is 0 Å². The van der Waals surface area contributed by atoms with Crippen molar-refractivity contribution < 1.29 is 14.3 Å². The zero-order valence-corrected chi connectivity index (χ0v) is 10.6. The van der Waals surface area contributed by atoms with Crippen LogP contribution in [-0.2, 0) is 14.3 Å². The monoisotopic (exact) mass is 242 g/mol. The van der Waals surface area contributed by atoms with Crippen molar-refractivity contribution in [1.29, 1.82) is 0 Å². The number of amides is 2. The second-order valence-corrected chi connectivity index (χ2v) is 4.59. The molecule has 5 heteroatoms. The van der Waals surface area contributed by atoms with E-state index in [2.05, 4.69) is 17.6 Å². The minimum Gasteiger partial charge on any atom is -0.383 e. The van der Waals surface area contributed by atoms with E-state index in [9.17, 15) is 9.59 Å². The molecule has 1 aliphatic rings. The Hall–Kier alpha value is -1.10. The third kappa shape index (κ3) is 4.73. The standard InChI is InChI=1S/C12H22N2O3/c1-9-5-3-4-6-10(9)14-12(16)11(15)13-7-8-17-2/h9-10H,3-8H2,1-2H3,(H,13,15)(H,14,16)/t9-,10+/m1/s1. The molecule has 1 fully saturated rings. The molecule has 17 heavy (non-hydrogen) atoms. The molecule has 0 saturated heterocycles. The summed E-state index contributed by atoms with van der Waals surface area (Å²) >= 11 is 0. The Balaban J connectivity index is 2.29. The maximum atomic E-state index is 11.6. The zero-order valence-electron chi connectivity index (χ0n) is 10.6. The third-order valence-corrected chi connectivity index (χ3v) is 3.23. The second-order valence-electron chi connectivity index (χ2n) is 4.59. The first-order valence-corrected chi connectivity index (χ1v) is 6.22. The zero-order chi connectivity index (χ0) is 12.7. The van der Waals surface area contributed by atoms with Crippen molar-refractivity contribution >= 4 is 11.8 Å². The average molecular weight is 242 g/mol. The quantitative estimate of drug-likeness (QED) is 0.555. The first kappa shape index (κ1) is 14.0. The lowest BCUT2D eigenvalue weighted by Gasteiger charge is -2.29. The Morgan fingerprint density at radius 2 is 1.94 bits per heavy atom. The van der Waals surface area contributed by atoms with E-state index in [-0.39, 0.29) is 6.04 Å². The predicted molar refractivity (Wildman–Crippen MR) is 64.4 cm³/mol. The van der Waals surface area contributed by atoms with E-state index in [1.165, 1.54) is 6.42 Å². The summed E-state index contributed by atoms with van der Waals surface area (Å²) in [6.45, 7) is 2.90. The first-order chi connectivity index (χ1) is 8.15. The Morgan fingerprint density at radius 1 is 1.24 bits per heavy atom. The van der Waals surface area contributed by atoms with Crippen LogP contribution in [0.15, 0.2) is 0 Å². The molecule has 2 N–H and O–H groups in total. The molecule has 98 valence electrons. The van der Waals surface area contributed by atoms with Gasteiger partial charge in [0.1, 0.15) is 0 Å². The van der Waals surface area contributed by atoms with Crippen LogP contribution < -0.4 is 10.6 Å².